The predicted molar refractivity (Wildman–Crippen MR) is 82.1 cm³/mol. The monoisotopic (exact) mass is 282 g/mol. The van der Waals surface area contributed by atoms with Gasteiger partial charge in [-0.1, -0.05) is 48.5 Å². The second-order valence-corrected chi connectivity index (χ2v) is 5.19. The van der Waals surface area contributed by atoms with Gasteiger partial charge in [0, 0.05) is 18.8 Å². The number of hydrogen-bond acceptors (Lipinski definition) is 3. The Hall–Kier alpha value is -2.33. The fourth-order valence-electron chi connectivity index (χ4n) is 2.63. The lowest BCUT2D eigenvalue weighted by Gasteiger charge is -2.15. The molecule has 0 saturated heterocycles. The third kappa shape index (κ3) is 2.90. The Morgan fingerprint density at radius 2 is 1.90 bits per heavy atom. The van der Waals surface area contributed by atoms with Gasteiger partial charge in [-0.05, 0) is 17.2 Å². The average Bonchev–Trinajstić information content (AvgIpc) is 2.97. The van der Waals surface area contributed by atoms with E-state index in [0.29, 0.717) is 6.54 Å². The Labute approximate surface area is 123 Å². The molecule has 0 spiro atoms. The molecule has 1 aliphatic rings. The first kappa shape index (κ1) is 13.6. The van der Waals surface area contributed by atoms with E-state index in [9.17, 15) is 9.90 Å². The van der Waals surface area contributed by atoms with Crippen molar-refractivity contribution in [1.29, 1.82) is 0 Å². The van der Waals surface area contributed by atoms with E-state index in [2.05, 4.69) is 10.6 Å². The molecule has 4 heteroatoms. The summed E-state index contributed by atoms with van der Waals surface area (Å²) in [6, 6.07) is 17.2. The Morgan fingerprint density at radius 3 is 2.71 bits per heavy atom. The summed E-state index contributed by atoms with van der Waals surface area (Å²) in [6.45, 7) is 0.828. The summed E-state index contributed by atoms with van der Waals surface area (Å²) in [5, 5.41) is 16.1. The summed E-state index contributed by atoms with van der Waals surface area (Å²) < 4.78 is 0. The van der Waals surface area contributed by atoms with Crippen molar-refractivity contribution in [3.63, 3.8) is 0 Å². The minimum absolute atomic E-state index is 0.0533. The van der Waals surface area contributed by atoms with Crippen molar-refractivity contribution < 1.29 is 9.90 Å². The van der Waals surface area contributed by atoms with E-state index < -0.39 is 6.10 Å². The van der Waals surface area contributed by atoms with Crippen LogP contribution in [0.2, 0.25) is 0 Å². The number of nitrogens with one attached hydrogen (secondary N) is 2. The van der Waals surface area contributed by atoms with Crippen molar-refractivity contribution in [2.75, 3.05) is 18.4 Å². The molecule has 0 fully saturated rings. The summed E-state index contributed by atoms with van der Waals surface area (Å²) in [5.41, 5.74) is 2.84. The van der Waals surface area contributed by atoms with Gasteiger partial charge >= 0.3 is 0 Å². The van der Waals surface area contributed by atoms with Gasteiger partial charge in [0.25, 0.3) is 0 Å². The number of aliphatic hydroxyl groups excluding tert-OH is 1. The van der Waals surface area contributed by atoms with Gasteiger partial charge in [-0.2, -0.15) is 0 Å². The van der Waals surface area contributed by atoms with Gasteiger partial charge < -0.3 is 15.7 Å². The van der Waals surface area contributed by atoms with Crippen LogP contribution in [0.15, 0.2) is 54.6 Å². The molecule has 4 nitrogen and oxygen atoms in total. The molecule has 1 heterocycles. The van der Waals surface area contributed by atoms with E-state index in [1.165, 1.54) is 0 Å². The third-order valence-corrected chi connectivity index (χ3v) is 3.80. The quantitative estimate of drug-likeness (QED) is 0.804. The number of benzene rings is 2. The highest BCUT2D eigenvalue weighted by atomic mass is 16.3. The lowest BCUT2D eigenvalue weighted by atomic mass is 10.0. The second kappa shape index (κ2) is 5.97. The zero-order chi connectivity index (χ0) is 14.7. The molecule has 21 heavy (non-hydrogen) atoms. The van der Waals surface area contributed by atoms with Crippen LogP contribution < -0.4 is 10.6 Å². The van der Waals surface area contributed by atoms with Crippen LogP contribution in [0.4, 0.5) is 5.69 Å². The van der Waals surface area contributed by atoms with E-state index in [1.54, 1.807) is 0 Å². The number of aliphatic hydroxyl groups is 1. The zero-order valence-corrected chi connectivity index (χ0v) is 11.6. The first-order valence-electron chi connectivity index (χ1n) is 7.09. The molecule has 2 aromatic rings. The van der Waals surface area contributed by atoms with E-state index in [-0.39, 0.29) is 18.4 Å². The Balaban J connectivity index is 1.61. The van der Waals surface area contributed by atoms with Crippen LogP contribution in [0.3, 0.4) is 0 Å². The molecule has 2 unspecified atom stereocenters. The molecule has 3 rings (SSSR count). The maximum atomic E-state index is 12.3. The molecular formula is C17H18N2O2. The number of anilines is 1. The lowest BCUT2D eigenvalue weighted by molar-refractivity contribution is -0.122. The molecule has 3 N–H and O–H groups in total. The van der Waals surface area contributed by atoms with Crippen LogP contribution in [0, 0.1) is 0 Å². The fraction of sp³-hybridized carbons (Fsp3) is 0.235. The Kier molecular flexibility index (Phi) is 3.88. The molecule has 108 valence electrons. The summed E-state index contributed by atoms with van der Waals surface area (Å²) in [7, 11) is 0. The van der Waals surface area contributed by atoms with E-state index in [0.717, 1.165) is 16.8 Å². The Bertz CT molecular complexity index is 628. The van der Waals surface area contributed by atoms with Crippen molar-refractivity contribution in [3.8, 4) is 0 Å². The molecule has 2 atom stereocenters. The molecule has 2 aromatic carbocycles. The fourth-order valence-corrected chi connectivity index (χ4v) is 2.63. The molecule has 0 bridgehead atoms. The molecule has 0 aromatic heterocycles. The summed E-state index contributed by atoms with van der Waals surface area (Å²) in [5.74, 6) is -0.244. The highest BCUT2D eigenvalue weighted by molar-refractivity contribution is 5.88. The van der Waals surface area contributed by atoms with Crippen LogP contribution in [-0.2, 0) is 4.79 Å². The van der Waals surface area contributed by atoms with Crippen LogP contribution in [0.1, 0.15) is 23.1 Å². The minimum Gasteiger partial charge on any atom is -0.387 e. The number of rotatable bonds is 4. The van der Waals surface area contributed by atoms with Gasteiger partial charge in [0.2, 0.25) is 5.91 Å². The SMILES string of the molecule is O=C(NCC(O)c1ccccc1)C1CNc2ccccc21. The van der Waals surface area contributed by atoms with Crippen molar-refractivity contribution in [2.24, 2.45) is 0 Å². The van der Waals surface area contributed by atoms with Gasteiger partial charge in [0.05, 0.1) is 12.0 Å². The summed E-state index contributed by atoms with van der Waals surface area (Å²) in [4.78, 5) is 12.3. The number of carbonyl (C=O) groups excluding carboxylic acids is 1. The smallest absolute Gasteiger partial charge is 0.229 e. The number of para-hydroxylation sites is 1. The molecule has 1 aliphatic heterocycles. The molecular weight excluding hydrogens is 264 g/mol. The maximum absolute atomic E-state index is 12.3. The summed E-state index contributed by atoms with van der Waals surface area (Å²) in [6.07, 6.45) is -0.681. The van der Waals surface area contributed by atoms with Gasteiger partial charge in [0.1, 0.15) is 0 Å². The largest absolute Gasteiger partial charge is 0.387 e. The normalized spacial score (nSPS) is 17.7. The van der Waals surface area contributed by atoms with E-state index in [4.69, 9.17) is 0 Å². The standard InChI is InChI=1S/C17H18N2O2/c20-16(12-6-2-1-3-7-12)11-19-17(21)14-10-18-15-9-5-4-8-13(14)15/h1-9,14,16,18,20H,10-11H2,(H,19,21). The van der Waals surface area contributed by atoms with E-state index in [1.807, 2.05) is 54.6 Å². The van der Waals surface area contributed by atoms with Gasteiger partial charge in [-0.25, -0.2) is 0 Å². The highest BCUT2D eigenvalue weighted by Gasteiger charge is 2.28. The maximum Gasteiger partial charge on any atom is 0.229 e. The van der Waals surface area contributed by atoms with E-state index >= 15 is 0 Å². The highest BCUT2D eigenvalue weighted by Crippen LogP contribution is 2.31. The first-order chi connectivity index (χ1) is 10.3. The Morgan fingerprint density at radius 1 is 1.19 bits per heavy atom. The molecule has 0 radical (unpaired) electrons. The predicted octanol–water partition coefficient (Wildman–Crippen LogP) is 2.05. The van der Waals surface area contributed by atoms with Crippen LogP contribution in [-0.4, -0.2) is 24.1 Å². The van der Waals surface area contributed by atoms with Gasteiger partial charge in [-0.15, -0.1) is 0 Å². The lowest BCUT2D eigenvalue weighted by Crippen LogP contribution is -2.33. The molecule has 1 amide bonds. The molecule has 0 aliphatic carbocycles. The van der Waals surface area contributed by atoms with Crippen LogP contribution in [0.5, 0.6) is 0 Å². The first-order valence-corrected chi connectivity index (χ1v) is 7.09. The topological polar surface area (TPSA) is 61.4 Å². The van der Waals surface area contributed by atoms with Crippen LogP contribution in [0.25, 0.3) is 0 Å². The third-order valence-electron chi connectivity index (χ3n) is 3.80. The van der Waals surface area contributed by atoms with Crippen molar-refractivity contribution in [3.05, 3.63) is 65.7 Å². The number of hydrogen-bond donors (Lipinski definition) is 3. The van der Waals surface area contributed by atoms with Crippen molar-refractivity contribution in [2.45, 2.75) is 12.0 Å². The van der Waals surface area contributed by atoms with Gasteiger partial charge in [0.15, 0.2) is 0 Å². The zero-order valence-electron chi connectivity index (χ0n) is 11.6. The van der Waals surface area contributed by atoms with Crippen molar-refractivity contribution in [1.82, 2.24) is 5.32 Å². The molecule has 0 saturated carbocycles. The van der Waals surface area contributed by atoms with Gasteiger partial charge in [-0.3, -0.25) is 4.79 Å². The summed E-state index contributed by atoms with van der Waals surface area (Å²) >= 11 is 0. The number of amides is 1. The number of fused-ring (bicyclic) bond motifs is 1. The van der Waals surface area contributed by atoms with Crippen molar-refractivity contribution >= 4 is 11.6 Å². The van der Waals surface area contributed by atoms with Crippen LogP contribution >= 0.6 is 0 Å². The second-order valence-electron chi connectivity index (χ2n) is 5.19. The minimum atomic E-state index is -0.681. The number of carbonyl (C=O) groups is 1. The average molecular weight is 282 g/mol.